The molecule has 1 aliphatic rings. The van der Waals surface area contributed by atoms with Crippen molar-refractivity contribution in [3.63, 3.8) is 0 Å². The van der Waals surface area contributed by atoms with E-state index in [1.807, 2.05) is 54.6 Å². The van der Waals surface area contributed by atoms with Crippen LogP contribution in [0.4, 0.5) is 10.5 Å². The van der Waals surface area contributed by atoms with Gasteiger partial charge in [0.25, 0.3) is 0 Å². The van der Waals surface area contributed by atoms with Crippen molar-refractivity contribution in [1.29, 1.82) is 0 Å². The number of piperidine rings is 1. The number of nitrogens with zero attached hydrogens (tertiary/aromatic N) is 1. The van der Waals surface area contributed by atoms with E-state index < -0.39 is 11.9 Å². The average molecular weight is 523 g/mol. The fourth-order valence-electron chi connectivity index (χ4n) is 3.93. The molecule has 3 aromatic rings. The minimum atomic E-state index is -1.82. The van der Waals surface area contributed by atoms with Crippen molar-refractivity contribution in [1.82, 2.24) is 4.90 Å². The van der Waals surface area contributed by atoms with Gasteiger partial charge in [-0.2, -0.15) is 0 Å². The number of hydrogen-bond acceptors (Lipinski definition) is 6. The van der Waals surface area contributed by atoms with E-state index in [0.29, 0.717) is 0 Å². The maximum Gasteiger partial charge on any atom is 0.414 e. The summed E-state index contributed by atoms with van der Waals surface area (Å²) in [5.41, 5.74) is 4.15. The summed E-state index contributed by atoms with van der Waals surface area (Å²) in [4.78, 5) is 34.5. The number of ether oxygens (including phenoxy) is 1. The number of carboxylic acid groups (broad SMARTS) is 2. The molecular weight excluding hydrogens is 492 g/mol. The lowest BCUT2D eigenvalue weighted by molar-refractivity contribution is -0.159. The van der Waals surface area contributed by atoms with E-state index in [-0.39, 0.29) is 12.2 Å². The Kier molecular flexibility index (Phi) is 10.5. The molecule has 0 bridgehead atoms. The van der Waals surface area contributed by atoms with Crippen molar-refractivity contribution in [3.05, 3.63) is 84.4 Å². The zero-order valence-electron chi connectivity index (χ0n) is 20.5. The van der Waals surface area contributed by atoms with Gasteiger partial charge >= 0.3 is 18.0 Å². The molecule has 1 fully saturated rings. The van der Waals surface area contributed by atoms with Crippen molar-refractivity contribution < 1.29 is 29.3 Å². The predicted octanol–water partition coefficient (Wildman–Crippen LogP) is 5.44. The molecule has 1 amide bonds. The Balaban J connectivity index is 0.000000568. The Morgan fingerprint density at radius 3 is 2.08 bits per heavy atom. The summed E-state index contributed by atoms with van der Waals surface area (Å²) in [6, 6.07) is 26.6. The maximum absolute atomic E-state index is 12.5. The zero-order chi connectivity index (χ0) is 26.6. The largest absolute Gasteiger partial charge is 0.473 e. The van der Waals surface area contributed by atoms with Crippen LogP contribution in [-0.2, 0) is 20.9 Å². The highest BCUT2D eigenvalue weighted by molar-refractivity contribution is 7.98. The number of carbonyl (C=O) groups is 3. The number of para-hydroxylation sites is 1. The van der Waals surface area contributed by atoms with Crippen molar-refractivity contribution in [2.75, 3.05) is 24.7 Å². The Hall–Kier alpha value is -3.82. The molecule has 1 heterocycles. The van der Waals surface area contributed by atoms with Crippen LogP contribution in [0.2, 0.25) is 0 Å². The Morgan fingerprint density at radius 2 is 1.49 bits per heavy atom. The molecule has 37 heavy (non-hydrogen) atoms. The van der Waals surface area contributed by atoms with Gasteiger partial charge in [0.05, 0.1) is 5.69 Å². The number of likely N-dealkylation sites (tertiary alicyclic amines) is 1. The van der Waals surface area contributed by atoms with Crippen molar-refractivity contribution in [2.45, 2.75) is 30.4 Å². The second-order valence-electron chi connectivity index (χ2n) is 8.38. The second kappa shape index (κ2) is 14.1. The number of hydrogen-bond donors (Lipinski definition) is 3. The predicted molar refractivity (Wildman–Crippen MR) is 144 cm³/mol. The van der Waals surface area contributed by atoms with Crippen LogP contribution >= 0.6 is 11.8 Å². The third kappa shape index (κ3) is 8.96. The summed E-state index contributed by atoms with van der Waals surface area (Å²) in [6.07, 6.45) is 3.39. The molecule has 9 heteroatoms. The van der Waals surface area contributed by atoms with Gasteiger partial charge in [0.15, 0.2) is 0 Å². The molecule has 4 rings (SSSR count). The molecule has 0 radical (unpaired) electrons. The minimum Gasteiger partial charge on any atom is -0.473 e. The summed E-state index contributed by atoms with van der Waals surface area (Å²) in [6.45, 7) is 2.81. The van der Waals surface area contributed by atoms with E-state index in [4.69, 9.17) is 24.5 Å². The summed E-state index contributed by atoms with van der Waals surface area (Å²) >= 11 is 1.76. The molecule has 0 spiro atoms. The summed E-state index contributed by atoms with van der Waals surface area (Å²) in [5.74, 6) is -3.65. The van der Waals surface area contributed by atoms with Crippen LogP contribution in [0.15, 0.2) is 83.8 Å². The van der Waals surface area contributed by atoms with E-state index >= 15 is 0 Å². The van der Waals surface area contributed by atoms with E-state index in [2.05, 4.69) is 40.7 Å². The molecule has 0 aromatic heterocycles. The lowest BCUT2D eigenvalue weighted by atomic mass is 10.0. The molecule has 3 aromatic carbocycles. The molecule has 1 saturated heterocycles. The monoisotopic (exact) mass is 522 g/mol. The first-order chi connectivity index (χ1) is 17.9. The molecule has 194 valence electrons. The first-order valence-electron chi connectivity index (χ1n) is 11.8. The van der Waals surface area contributed by atoms with Gasteiger partial charge < -0.3 is 14.9 Å². The first-order valence-corrected chi connectivity index (χ1v) is 13.0. The average Bonchev–Trinajstić information content (AvgIpc) is 2.91. The second-order valence-corrected chi connectivity index (χ2v) is 9.26. The highest BCUT2D eigenvalue weighted by atomic mass is 32.2. The van der Waals surface area contributed by atoms with Gasteiger partial charge in [0.2, 0.25) is 0 Å². The van der Waals surface area contributed by atoms with Gasteiger partial charge in [0, 0.05) is 30.1 Å². The maximum atomic E-state index is 12.5. The highest BCUT2D eigenvalue weighted by Gasteiger charge is 2.23. The Morgan fingerprint density at radius 1 is 0.892 bits per heavy atom. The number of benzene rings is 3. The molecule has 0 atom stereocenters. The molecule has 8 nitrogen and oxygen atoms in total. The smallest absolute Gasteiger partial charge is 0.414 e. The van der Waals surface area contributed by atoms with Crippen LogP contribution in [0.5, 0.6) is 0 Å². The van der Waals surface area contributed by atoms with Crippen molar-refractivity contribution in [2.24, 2.45) is 0 Å². The van der Waals surface area contributed by atoms with Crippen LogP contribution in [0.25, 0.3) is 11.1 Å². The number of aliphatic carboxylic acids is 2. The summed E-state index contributed by atoms with van der Waals surface area (Å²) in [5, 5.41) is 17.7. The van der Waals surface area contributed by atoms with Crippen LogP contribution in [0.3, 0.4) is 0 Å². The Labute approximate surface area is 220 Å². The third-order valence-corrected chi connectivity index (χ3v) is 6.55. The Bertz CT molecular complexity index is 1170. The van der Waals surface area contributed by atoms with Gasteiger partial charge in [-0.15, -0.1) is 11.8 Å². The van der Waals surface area contributed by atoms with Gasteiger partial charge in [-0.3, -0.25) is 10.2 Å². The number of nitrogens with one attached hydrogen (secondary N) is 1. The molecule has 0 unspecified atom stereocenters. The van der Waals surface area contributed by atoms with Crippen LogP contribution in [0, 0.1) is 0 Å². The van der Waals surface area contributed by atoms with Crippen LogP contribution < -0.4 is 5.32 Å². The standard InChI is InChI=1S/C26H28N2O2S.C2H2O4/c1-31-23-13-11-20(12-14-23)19-28-17-15-22(16-18-28)30-26(29)27-25-10-6-5-9-24(25)21-7-3-2-4-8-21;3-1(4)2(5)6/h2-14,22H,15-19H2,1H3,(H,27,29);(H,3,4)(H,5,6). The van der Waals surface area contributed by atoms with Crippen LogP contribution in [0.1, 0.15) is 18.4 Å². The minimum absolute atomic E-state index is 0.0426. The third-order valence-electron chi connectivity index (χ3n) is 5.81. The number of thioether (sulfide) groups is 1. The zero-order valence-corrected chi connectivity index (χ0v) is 21.3. The number of carboxylic acids is 2. The normalized spacial score (nSPS) is 13.6. The fraction of sp³-hybridized carbons (Fsp3) is 0.250. The molecule has 0 aliphatic carbocycles. The molecule has 1 aliphatic heterocycles. The van der Waals surface area contributed by atoms with Crippen LogP contribution in [-0.4, -0.2) is 58.6 Å². The van der Waals surface area contributed by atoms with E-state index in [1.54, 1.807) is 11.8 Å². The van der Waals surface area contributed by atoms with E-state index in [1.165, 1.54) is 10.5 Å². The van der Waals surface area contributed by atoms with Gasteiger partial charge in [0.1, 0.15) is 6.10 Å². The first kappa shape index (κ1) is 27.8. The quantitative estimate of drug-likeness (QED) is 0.289. The van der Waals surface area contributed by atoms with E-state index in [0.717, 1.165) is 49.3 Å². The lowest BCUT2D eigenvalue weighted by Gasteiger charge is -2.31. The topological polar surface area (TPSA) is 116 Å². The number of amides is 1. The van der Waals surface area contributed by atoms with E-state index in [9.17, 15) is 4.79 Å². The molecular formula is C28H30N2O6S. The number of rotatable bonds is 6. The lowest BCUT2D eigenvalue weighted by Crippen LogP contribution is -2.38. The highest BCUT2D eigenvalue weighted by Crippen LogP contribution is 2.28. The van der Waals surface area contributed by atoms with Gasteiger partial charge in [-0.05, 0) is 48.4 Å². The number of anilines is 1. The SMILES string of the molecule is CSc1ccc(CN2CCC(OC(=O)Nc3ccccc3-c3ccccc3)CC2)cc1.O=C(O)C(=O)O. The fourth-order valence-corrected chi connectivity index (χ4v) is 4.33. The van der Waals surface area contributed by atoms with Gasteiger partial charge in [-0.1, -0.05) is 60.7 Å². The molecule has 0 saturated carbocycles. The summed E-state index contributed by atoms with van der Waals surface area (Å²) in [7, 11) is 0. The molecule has 3 N–H and O–H groups in total. The number of carbonyl (C=O) groups excluding carboxylic acids is 1. The van der Waals surface area contributed by atoms with Crippen molar-refractivity contribution in [3.8, 4) is 11.1 Å². The van der Waals surface area contributed by atoms with Crippen molar-refractivity contribution >= 4 is 35.5 Å². The summed E-state index contributed by atoms with van der Waals surface area (Å²) < 4.78 is 5.74. The van der Waals surface area contributed by atoms with Gasteiger partial charge in [-0.25, -0.2) is 14.4 Å².